The second-order valence-corrected chi connectivity index (χ2v) is 7.15. The minimum Gasteiger partial charge on any atom is -0.489 e. The maximum Gasteiger partial charge on any atom is 0.138 e. The molecule has 142 valence electrons. The normalized spacial score (nSPS) is 21.0. The molecule has 6 heteroatoms. The molecule has 1 aliphatic rings. The summed E-state index contributed by atoms with van der Waals surface area (Å²) in [7, 11) is 0. The van der Waals surface area contributed by atoms with Crippen molar-refractivity contribution >= 4 is 11.6 Å². The summed E-state index contributed by atoms with van der Waals surface area (Å²) in [5.41, 5.74) is 1.33. The minimum atomic E-state index is -0.906. The van der Waals surface area contributed by atoms with E-state index in [4.69, 9.17) is 16.3 Å². The highest BCUT2D eigenvalue weighted by Gasteiger charge is 2.35. The number of aliphatic hydroxyl groups excluding tert-OH is 1. The van der Waals surface area contributed by atoms with E-state index in [0.717, 1.165) is 5.56 Å². The van der Waals surface area contributed by atoms with Crippen LogP contribution in [0.1, 0.15) is 17.5 Å². The van der Waals surface area contributed by atoms with Gasteiger partial charge in [-0.3, -0.25) is 4.90 Å². The summed E-state index contributed by atoms with van der Waals surface area (Å²) in [5, 5.41) is 19.9. The quantitative estimate of drug-likeness (QED) is 0.787. The van der Waals surface area contributed by atoms with Gasteiger partial charge in [0.2, 0.25) is 0 Å². The number of hydrogen-bond acceptors (Lipinski definition) is 4. The lowest BCUT2D eigenvalue weighted by molar-refractivity contribution is 0.0579. The van der Waals surface area contributed by atoms with E-state index in [1.165, 1.54) is 0 Å². The number of nitriles is 1. The zero-order chi connectivity index (χ0) is 19.2. The molecule has 0 spiro atoms. The molecule has 0 bridgehead atoms. The van der Waals surface area contributed by atoms with Crippen LogP contribution in [0.4, 0.5) is 4.39 Å². The van der Waals surface area contributed by atoms with Gasteiger partial charge < -0.3 is 9.84 Å². The number of halogens is 2. The Labute approximate surface area is 163 Å². The molecule has 4 nitrogen and oxygen atoms in total. The second kappa shape index (κ2) is 9.18. The Morgan fingerprint density at radius 2 is 2.04 bits per heavy atom. The third kappa shape index (κ3) is 4.98. The molecule has 2 aromatic rings. The maximum atomic E-state index is 14.4. The molecule has 0 radical (unpaired) electrons. The topological polar surface area (TPSA) is 56.5 Å². The molecular weight excluding hydrogens is 367 g/mol. The van der Waals surface area contributed by atoms with Crippen LogP contribution in [0, 0.1) is 11.3 Å². The van der Waals surface area contributed by atoms with E-state index in [2.05, 4.69) is 0 Å². The number of likely N-dealkylation sites (tertiary alicyclic amines) is 1. The van der Waals surface area contributed by atoms with Crippen molar-refractivity contribution in [3.8, 4) is 11.8 Å². The molecule has 3 atom stereocenters. The van der Waals surface area contributed by atoms with Gasteiger partial charge in [0.1, 0.15) is 36.3 Å². The van der Waals surface area contributed by atoms with E-state index in [1.807, 2.05) is 41.3 Å². The van der Waals surface area contributed by atoms with Gasteiger partial charge in [0.15, 0.2) is 0 Å². The van der Waals surface area contributed by atoms with Crippen LogP contribution in [0.5, 0.6) is 5.75 Å². The largest absolute Gasteiger partial charge is 0.489 e. The number of aliphatic hydroxyl groups is 1. The zero-order valence-corrected chi connectivity index (χ0v) is 15.6. The lowest BCUT2D eigenvalue weighted by Crippen LogP contribution is -2.42. The number of hydrogen-bond donors (Lipinski definition) is 1. The molecule has 0 amide bonds. The van der Waals surface area contributed by atoms with Crippen LogP contribution < -0.4 is 4.74 Å². The first-order chi connectivity index (χ1) is 13.1. The van der Waals surface area contributed by atoms with Gasteiger partial charge in [0, 0.05) is 19.1 Å². The number of rotatable bonds is 7. The van der Waals surface area contributed by atoms with Gasteiger partial charge >= 0.3 is 0 Å². The van der Waals surface area contributed by atoms with E-state index in [9.17, 15) is 14.8 Å². The molecule has 3 rings (SSSR count). The highest BCUT2D eigenvalue weighted by molar-refractivity contribution is 6.31. The second-order valence-electron chi connectivity index (χ2n) is 6.75. The molecule has 2 aromatic carbocycles. The average molecular weight is 389 g/mol. The van der Waals surface area contributed by atoms with Crippen molar-refractivity contribution in [2.24, 2.45) is 0 Å². The molecule has 1 heterocycles. The Bertz CT molecular complexity index is 797. The van der Waals surface area contributed by atoms with E-state index in [1.54, 1.807) is 18.2 Å². The zero-order valence-electron chi connectivity index (χ0n) is 14.9. The summed E-state index contributed by atoms with van der Waals surface area (Å²) >= 11 is 5.98. The van der Waals surface area contributed by atoms with Crippen molar-refractivity contribution in [2.75, 3.05) is 19.7 Å². The summed E-state index contributed by atoms with van der Waals surface area (Å²) in [6.45, 7) is 0.942. The molecule has 1 aliphatic heterocycles. The Morgan fingerprint density at radius 3 is 2.78 bits per heavy atom. The molecule has 1 fully saturated rings. The molecule has 0 saturated carbocycles. The Kier molecular flexibility index (Phi) is 6.68. The SMILES string of the molecule is N#Cc1c(Cl)cccc1OC[C@H](O)CN1CC[C@H](F)[C@H]1Cc1ccccc1. The number of ether oxygens (including phenoxy) is 1. The number of β-amino-alcohol motifs (C(OH)–C–C–N with tert-alkyl or cyclic N) is 1. The van der Waals surface area contributed by atoms with Crippen molar-refractivity contribution in [3.05, 3.63) is 64.7 Å². The molecule has 27 heavy (non-hydrogen) atoms. The fraction of sp³-hybridized carbons (Fsp3) is 0.381. The first kappa shape index (κ1) is 19.6. The number of alkyl halides is 1. The van der Waals surface area contributed by atoms with Crippen molar-refractivity contribution in [1.29, 1.82) is 5.26 Å². The molecule has 1 saturated heterocycles. The molecule has 0 aromatic heterocycles. The third-order valence-corrected chi connectivity index (χ3v) is 5.14. The van der Waals surface area contributed by atoms with Gasteiger partial charge in [-0.2, -0.15) is 5.26 Å². The smallest absolute Gasteiger partial charge is 0.138 e. The molecule has 0 unspecified atom stereocenters. The Morgan fingerprint density at radius 1 is 1.26 bits per heavy atom. The fourth-order valence-corrected chi connectivity index (χ4v) is 3.67. The van der Waals surface area contributed by atoms with Crippen molar-refractivity contribution in [3.63, 3.8) is 0 Å². The maximum absolute atomic E-state index is 14.4. The highest BCUT2D eigenvalue weighted by atomic mass is 35.5. The van der Waals surface area contributed by atoms with Crippen LogP contribution >= 0.6 is 11.6 Å². The van der Waals surface area contributed by atoms with Crippen molar-refractivity contribution < 1.29 is 14.2 Å². The van der Waals surface area contributed by atoms with E-state index < -0.39 is 12.3 Å². The summed E-state index contributed by atoms with van der Waals surface area (Å²) < 4.78 is 19.9. The van der Waals surface area contributed by atoms with E-state index >= 15 is 0 Å². The minimum absolute atomic E-state index is 0.0144. The van der Waals surface area contributed by atoms with Gasteiger partial charge in [-0.1, -0.05) is 48.0 Å². The monoisotopic (exact) mass is 388 g/mol. The first-order valence-electron chi connectivity index (χ1n) is 9.00. The Balaban J connectivity index is 1.57. The predicted octanol–water partition coefficient (Wildman–Crippen LogP) is 3.61. The van der Waals surface area contributed by atoms with Crippen molar-refractivity contribution in [1.82, 2.24) is 4.90 Å². The number of benzene rings is 2. The number of nitrogens with zero attached hydrogens (tertiary/aromatic N) is 2. The van der Waals surface area contributed by atoms with Gasteiger partial charge in [-0.25, -0.2) is 4.39 Å². The van der Waals surface area contributed by atoms with Crippen LogP contribution in [0.25, 0.3) is 0 Å². The summed E-state index contributed by atoms with van der Waals surface area (Å²) in [5.74, 6) is 0.342. The van der Waals surface area contributed by atoms with Gasteiger partial charge in [0.25, 0.3) is 0 Å². The van der Waals surface area contributed by atoms with Crippen LogP contribution in [-0.4, -0.2) is 48.0 Å². The fourth-order valence-electron chi connectivity index (χ4n) is 3.46. The van der Waals surface area contributed by atoms with Crippen LogP contribution in [0.15, 0.2) is 48.5 Å². The molecule has 1 N–H and O–H groups in total. The van der Waals surface area contributed by atoms with Crippen LogP contribution in [-0.2, 0) is 6.42 Å². The van der Waals surface area contributed by atoms with E-state index in [0.29, 0.717) is 36.7 Å². The first-order valence-corrected chi connectivity index (χ1v) is 9.38. The molecular formula is C21H22ClFN2O2. The lowest BCUT2D eigenvalue weighted by Gasteiger charge is -2.27. The lowest BCUT2D eigenvalue weighted by atomic mass is 10.0. The van der Waals surface area contributed by atoms with Crippen LogP contribution in [0.3, 0.4) is 0 Å². The summed E-state index contributed by atoms with van der Waals surface area (Å²) in [6.07, 6.45) is -0.615. The summed E-state index contributed by atoms with van der Waals surface area (Å²) in [4.78, 5) is 1.98. The van der Waals surface area contributed by atoms with Crippen LogP contribution in [0.2, 0.25) is 5.02 Å². The van der Waals surface area contributed by atoms with Gasteiger partial charge in [-0.05, 0) is 30.5 Å². The standard InChI is InChI=1S/C21H22ClFN2O2/c22-18-7-4-8-21(17(18)12-24)27-14-16(26)13-25-10-9-19(23)20(25)11-15-5-2-1-3-6-15/h1-8,16,19-20,26H,9-11,13-14H2/t16-,19+,20-/m1/s1. The molecule has 0 aliphatic carbocycles. The van der Waals surface area contributed by atoms with Crippen molar-refractivity contribution in [2.45, 2.75) is 31.2 Å². The predicted molar refractivity (Wildman–Crippen MR) is 103 cm³/mol. The Hall–Kier alpha value is -2.13. The van der Waals surface area contributed by atoms with Gasteiger partial charge in [0.05, 0.1) is 5.02 Å². The van der Waals surface area contributed by atoms with E-state index in [-0.39, 0.29) is 18.2 Å². The third-order valence-electron chi connectivity index (χ3n) is 4.83. The highest BCUT2D eigenvalue weighted by Crippen LogP contribution is 2.27. The average Bonchev–Trinajstić information content (AvgIpc) is 3.00. The summed E-state index contributed by atoms with van der Waals surface area (Å²) in [6, 6.07) is 16.5. The van der Waals surface area contributed by atoms with Gasteiger partial charge in [-0.15, -0.1) is 0 Å².